The van der Waals surface area contributed by atoms with Crippen molar-refractivity contribution in [3.05, 3.63) is 71.3 Å². The maximum absolute atomic E-state index is 11.4. The van der Waals surface area contributed by atoms with Gasteiger partial charge in [-0.3, -0.25) is 10.2 Å². The van der Waals surface area contributed by atoms with E-state index in [4.69, 9.17) is 11.1 Å². The molecular formula is C23H18N4O5. The van der Waals surface area contributed by atoms with Crippen LogP contribution in [0.2, 0.25) is 0 Å². The van der Waals surface area contributed by atoms with Gasteiger partial charge in [-0.1, -0.05) is 12.1 Å². The van der Waals surface area contributed by atoms with Crippen molar-refractivity contribution >= 4 is 28.8 Å². The van der Waals surface area contributed by atoms with Crippen molar-refractivity contribution in [3.63, 3.8) is 0 Å². The van der Waals surface area contributed by atoms with Crippen molar-refractivity contribution < 1.29 is 24.9 Å². The summed E-state index contributed by atoms with van der Waals surface area (Å²) in [6, 6.07) is 14.0. The number of aromatic amines is 1. The second-order valence-corrected chi connectivity index (χ2v) is 7.23. The minimum atomic E-state index is -1.12. The number of hydrogen-bond donors (Lipinski definition) is 6. The van der Waals surface area contributed by atoms with Crippen LogP contribution in [0.25, 0.3) is 33.5 Å². The van der Waals surface area contributed by atoms with E-state index in [0.717, 1.165) is 0 Å². The number of carboxylic acids is 2. The molecule has 0 bridgehead atoms. The summed E-state index contributed by atoms with van der Waals surface area (Å²) in [6.07, 6.45) is -0.298. The summed E-state index contributed by atoms with van der Waals surface area (Å²) in [7, 11) is 0. The van der Waals surface area contributed by atoms with Crippen LogP contribution >= 0.6 is 0 Å². The number of fused-ring (bicyclic) bond motifs is 1. The number of hydrogen-bond acceptors (Lipinski definition) is 5. The number of aromatic carboxylic acids is 1. The first-order chi connectivity index (χ1) is 15.2. The lowest BCUT2D eigenvalue weighted by Gasteiger charge is -2.12. The van der Waals surface area contributed by atoms with Gasteiger partial charge in [0.1, 0.15) is 17.4 Å². The molecule has 9 nitrogen and oxygen atoms in total. The highest BCUT2D eigenvalue weighted by atomic mass is 16.4. The standard InChI is InChI=1S/C23H18N4O5/c24-21(25)13-4-5-17-18(10-13)27-22(26-17)16-7-11(8-19(28)29)6-15(20(16)30)12-2-1-3-14(9-12)23(31)32/h1-7,9-10,30H,8H2,(H3,24,25)(H,26,27)(H,28,29)(H,31,32). The van der Waals surface area contributed by atoms with Gasteiger partial charge in [-0.2, -0.15) is 0 Å². The highest BCUT2D eigenvalue weighted by Crippen LogP contribution is 2.39. The monoisotopic (exact) mass is 430 g/mol. The van der Waals surface area contributed by atoms with Crippen LogP contribution in [0.3, 0.4) is 0 Å². The fraction of sp³-hybridized carbons (Fsp3) is 0.0435. The minimum Gasteiger partial charge on any atom is -0.507 e. The molecule has 0 amide bonds. The van der Waals surface area contributed by atoms with E-state index >= 15 is 0 Å². The Morgan fingerprint density at radius 2 is 1.75 bits per heavy atom. The van der Waals surface area contributed by atoms with Crippen molar-refractivity contribution in [2.45, 2.75) is 6.42 Å². The number of phenolic OH excluding ortho intramolecular Hbond substituents is 1. The zero-order valence-electron chi connectivity index (χ0n) is 16.6. The average molecular weight is 430 g/mol. The van der Waals surface area contributed by atoms with Gasteiger partial charge < -0.3 is 26.0 Å². The van der Waals surface area contributed by atoms with Crippen LogP contribution in [0.5, 0.6) is 5.75 Å². The summed E-state index contributed by atoms with van der Waals surface area (Å²) in [6.45, 7) is 0. The molecular weight excluding hydrogens is 412 g/mol. The van der Waals surface area contributed by atoms with Crippen LogP contribution in [0.4, 0.5) is 0 Å². The fourth-order valence-electron chi connectivity index (χ4n) is 3.50. The largest absolute Gasteiger partial charge is 0.507 e. The molecule has 1 heterocycles. The molecule has 0 aliphatic rings. The lowest BCUT2D eigenvalue weighted by Crippen LogP contribution is -2.10. The van der Waals surface area contributed by atoms with Crippen LogP contribution in [-0.4, -0.2) is 43.1 Å². The Bertz CT molecular complexity index is 1410. The van der Waals surface area contributed by atoms with Crippen LogP contribution in [0, 0.1) is 5.41 Å². The first kappa shape index (κ1) is 20.6. The number of benzene rings is 3. The van der Waals surface area contributed by atoms with Crippen molar-refractivity contribution in [2.75, 3.05) is 0 Å². The Morgan fingerprint density at radius 1 is 1.00 bits per heavy atom. The van der Waals surface area contributed by atoms with Crippen LogP contribution < -0.4 is 5.73 Å². The molecule has 0 saturated carbocycles. The predicted molar refractivity (Wildman–Crippen MR) is 118 cm³/mol. The first-order valence-corrected chi connectivity index (χ1v) is 9.49. The maximum atomic E-state index is 11.4. The summed E-state index contributed by atoms with van der Waals surface area (Å²) in [5.41, 5.74) is 8.62. The summed E-state index contributed by atoms with van der Waals surface area (Å²) in [4.78, 5) is 30.3. The summed E-state index contributed by atoms with van der Waals surface area (Å²) in [5, 5.41) is 37.2. The summed E-state index contributed by atoms with van der Waals surface area (Å²) in [5.74, 6) is -2.15. The number of nitrogen functional groups attached to an aromatic ring is 1. The SMILES string of the molecule is N=C(N)c1ccc2nc(-c3cc(CC(=O)O)cc(-c4cccc(C(=O)O)c4)c3O)[nH]c2c1. The number of nitrogens with zero attached hydrogens (tertiary/aromatic N) is 1. The molecule has 4 aromatic rings. The van der Waals surface area contributed by atoms with Crippen molar-refractivity contribution in [3.8, 4) is 28.3 Å². The molecule has 3 aromatic carbocycles. The maximum Gasteiger partial charge on any atom is 0.335 e. The number of rotatable bonds is 6. The molecule has 0 aliphatic heterocycles. The van der Waals surface area contributed by atoms with Crippen molar-refractivity contribution in [1.82, 2.24) is 9.97 Å². The molecule has 0 radical (unpaired) electrons. The number of imidazole rings is 1. The first-order valence-electron chi connectivity index (χ1n) is 9.49. The van der Waals surface area contributed by atoms with Gasteiger partial charge in [0, 0.05) is 11.1 Å². The van der Waals surface area contributed by atoms with Gasteiger partial charge >= 0.3 is 11.9 Å². The zero-order chi connectivity index (χ0) is 23.0. The van der Waals surface area contributed by atoms with Crippen LogP contribution in [0.15, 0.2) is 54.6 Å². The Labute approximate surface area is 181 Å². The predicted octanol–water partition coefficient (Wildman–Crippen LogP) is 3.21. The van der Waals surface area contributed by atoms with E-state index in [-0.39, 0.29) is 34.7 Å². The second-order valence-electron chi connectivity index (χ2n) is 7.23. The van der Waals surface area contributed by atoms with E-state index in [1.54, 1.807) is 30.3 Å². The van der Waals surface area contributed by atoms with E-state index in [9.17, 15) is 24.9 Å². The lowest BCUT2D eigenvalue weighted by atomic mass is 9.95. The van der Waals surface area contributed by atoms with E-state index in [0.29, 0.717) is 33.5 Å². The Morgan fingerprint density at radius 3 is 2.44 bits per heavy atom. The number of amidine groups is 1. The number of aromatic hydroxyl groups is 1. The van der Waals surface area contributed by atoms with Crippen LogP contribution in [-0.2, 0) is 11.2 Å². The van der Waals surface area contributed by atoms with Gasteiger partial charge in [-0.15, -0.1) is 0 Å². The van der Waals surface area contributed by atoms with Gasteiger partial charge in [0.15, 0.2) is 0 Å². The van der Waals surface area contributed by atoms with Crippen molar-refractivity contribution in [1.29, 1.82) is 5.41 Å². The van der Waals surface area contributed by atoms with E-state index in [1.165, 1.54) is 24.3 Å². The summed E-state index contributed by atoms with van der Waals surface area (Å²) >= 11 is 0. The molecule has 0 aliphatic carbocycles. The third kappa shape index (κ3) is 3.86. The van der Waals surface area contributed by atoms with Crippen molar-refractivity contribution in [2.24, 2.45) is 5.73 Å². The van der Waals surface area contributed by atoms with Gasteiger partial charge in [-0.25, -0.2) is 9.78 Å². The number of nitrogens with two attached hydrogens (primary N) is 1. The topological polar surface area (TPSA) is 173 Å². The van der Waals surface area contributed by atoms with Crippen LogP contribution in [0.1, 0.15) is 21.5 Å². The highest BCUT2D eigenvalue weighted by molar-refractivity contribution is 5.98. The van der Waals surface area contributed by atoms with Gasteiger partial charge in [-0.05, 0) is 53.6 Å². The molecule has 0 fully saturated rings. The quantitative estimate of drug-likeness (QED) is 0.201. The number of H-pyrrole nitrogens is 1. The number of aromatic nitrogens is 2. The third-order valence-corrected chi connectivity index (χ3v) is 4.99. The fourth-order valence-corrected chi connectivity index (χ4v) is 3.50. The number of phenols is 1. The van der Waals surface area contributed by atoms with E-state index in [1.807, 2.05) is 0 Å². The molecule has 4 rings (SSSR count). The Hall–Kier alpha value is -4.66. The van der Waals surface area contributed by atoms with Gasteiger partial charge in [0.25, 0.3) is 0 Å². The molecule has 0 unspecified atom stereocenters. The molecule has 9 heteroatoms. The number of carbonyl (C=O) groups is 2. The highest BCUT2D eigenvalue weighted by Gasteiger charge is 2.18. The average Bonchev–Trinajstić information content (AvgIpc) is 3.17. The Kier molecular flexibility index (Phi) is 5.07. The number of nitrogens with one attached hydrogen (secondary N) is 2. The van der Waals surface area contributed by atoms with Gasteiger partial charge in [0.05, 0.1) is 28.6 Å². The van der Waals surface area contributed by atoms with E-state index < -0.39 is 11.9 Å². The lowest BCUT2D eigenvalue weighted by molar-refractivity contribution is -0.136. The van der Waals surface area contributed by atoms with E-state index in [2.05, 4.69) is 9.97 Å². The molecule has 0 atom stereocenters. The molecule has 32 heavy (non-hydrogen) atoms. The minimum absolute atomic E-state index is 0.0348. The third-order valence-electron chi connectivity index (χ3n) is 4.99. The smallest absolute Gasteiger partial charge is 0.335 e. The van der Waals surface area contributed by atoms with Gasteiger partial charge in [0.2, 0.25) is 0 Å². The normalized spacial score (nSPS) is 10.9. The molecule has 1 aromatic heterocycles. The number of carboxylic acid groups (broad SMARTS) is 2. The molecule has 0 saturated heterocycles. The number of aliphatic carboxylic acids is 1. The molecule has 7 N–H and O–H groups in total. The molecule has 160 valence electrons. The Balaban J connectivity index is 1.92. The zero-order valence-corrected chi connectivity index (χ0v) is 16.6. The molecule has 0 spiro atoms. The summed E-state index contributed by atoms with van der Waals surface area (Å²) < 4.78 is 0. The second kappa shape index (κ2) is 7.88.